The maximum Gasteiger partial charge on any atom is 0.270 e. The van der Waals surface area contributed by atoms with Crippen LogP contribution in [-0.4, -0.2) is 78.6 Å². The van der Waals surface area contributed by atoms with Gasteiger partial charge in [0, 0.05) is 61.8 Å². The molecule has 2 aliphatic rings. The number of aryl methyl sites for hydroxylation is 1. The number of carbonyl (C=O) groups is 5. The number of amides is 5. The topological polar surface area (TPSA) is 181 Å². The average Bonchev–Trinajstić information content (AvgIpc) is 3.56. The minimum atomic E-state index is -0.804. The summed E-state index contributed by atoms with van der Waals surface area (Å²) >= 11 is 0. The van der Waals surface area contributed by atoms with Crippen molar-refractivity contribution in [2.75, 3.05) is 13.6 Å². The molecule has 2 aliphatic heterocycles. The van der Waals surface area contributed by atoms with Crippen LogP contribution in [0.1, 0.15) is 83.8 Å². The third kappa shape index (κ3) is 7.54. The van der Waals surface area contributed by atoms with E-state index >= 15 is 0 Å². The molecule has 1 fully saturated rings. The first-order chi connectivity index (χ1) is 26.6. The Balaban J connectivity index is 0.976. The van der Waals surface area contributed by atoms with Crippen molar-refractivity contribution in [3.8, 4) is 34.4 Å². The second-order valence-corrected chi connectivity index (χ2v) is 13.4. The number of nitrogens with one attached hydrogen (secondary N) is 3. The number of aromatic nitrogens is 5. The van der Waals surface area contributed by atoms with E-state index in [0.29, 0.717) is 30.8 Å². The van der Waals surface area contributed by atoms with Crippen molar-refractivity contribution in [2.24, 2.45) is 0 Å². The summed E-state index contributed by atoms with van der Waals surface area (Å²) in [5, 5.41) is 9.55. The molecule has 6 heterocycles. The fraction of sp³-hybridized carbons (Fsp3) is 0.293. The predicted octanol–water partition coefficient (Wildman–Crippen LogP) is 3.75. The Morgan fingerprint density at radius 3 is 2.56 bits per heavy atom. The first-order valence-electron chi connectivity index (χ1n) is 18.2. The fourth-order valence-electron chi connectivity index (χ4n) is 6.92. The van der Waals surface area contributed by atoms with Crippen LogP contribution in [0.5, 0.6) is 0 Å². The maximum atomic E-state index is 13.0. The van der Waals surface area contributed by atoms with Crippen molar-refractivity contribution in [3.05, 3.63) is 95.6 Å². The molecule has 0 bridgehead atoms. The van der Waals surface area contributed by atoms with Gasteiger partial charge in [0.1, 0.15) is 35.0 Å². The van der Waals surface area contributed by atoms with Gasteiger partial charge >= 0.3 is 0 Å². The van der Waals surface area contributed by atoms with Crippen molar-refractivity contribution in [1.29, 1.82) is 0 Å². The van der Waals surface area contributed by atoms with Gasteiger partial charge in [0.2, 0.25) is 17.7 Å². The summed E-state index contributed by atoms with van der Waals surface area (Å²) in [4.78, 5) is 82.0. The Morgan fingerprint density at radius 2 is 1.80 bits per heavy atom. The zero-order valence-corrected chi connectivity index (χ0v) is 30.7. The van der Waals surface area contributed by atoms with Crippen LogP contribution in [0.25, 0.3) is 33.3 Å². The van der Waals surface area contributed by atoms with Crippen LogP contribution >= 0.6 is 0 Å². The molecule has 0 aliphatic carbocycles. The number of imidazole rings is 1. The van der Waals surface area contributed by atoms with E-state index in [-0.39, 0.29) is 54.5 Å². The average molecular weight is 738 g/mol. The molecule has 7 rings (SSSR count). The molecule has 0 radical (unpaired) electrons. The Bertz CT molecular complexity index is 2410. The molecule has 14 heteroatoms. The number of imide groups is 1. The molecule has 55 heavy (non-hydrogen) atoms. The zero-order valence-electron chi connectivity index (χ0n) is 30.7. The number of hydrogen-bond donors (Lipinski definition) is 3. The third-order valence-electron chi connectivity index (χ3n) is 9.74. The van der Waals surface area contributed by atoms with Gasteiger partial charge in [-0.2, -0.15) is 0 Å². The Labute approximate surface area is 317 Å². The van der Waals surface area contributed by atoms with Crippen molar-refractivity contribution in [2.45, 2.75) is 64.6 Å². The van der Waals surface area contributed by atoms with Crippen molar-refractivity contribution in [1.82, 2.24) is 45.4 Å². The summed E-state index contributed by atoms with van der Waals surface area (Å²) in [6.45, 7) is 4.85. The summed E-state index contributed by atoms with van der Waals surface area (Å²) in [5.74, 6) is 5.06. The van der Waals surface area contributed by atoms with E-state index in [0.717, 1.165) is 45.5 Å². The summed E-state index contributed by atoms with van der Waals surface area (Å²) in [6.07, 6.45) is 5.58. The number of likely N-dealkylation sites (N-methyl/N-ethyl adjacent to an activating group) is 1. The normalized spacial score (nSPS) is 16.6. The monoisotopic (exact) mass is 737 g/mol. The lowest BCUT2D eigenvalue weighted by Crippen LogP contribution is -2.52. The molecule has 3 N–H and O–H groups in total. The molecule has 14 nitrogen and oxygen atoms in total. The SMILES string of the molecule is CCc1nc(-c2cccc3cc(-c4ccc(C(=O)NCCC#Cc5cccc(C(=O)NC6CCC(=O)NC6=O)n5)nc4)ncc23)c2n1C(CC)C(=O)N(C)C2. The van der Waals surface area contributed by atoms with Crippen LogP contribution in [0.15, 0.2) is 67.0 Å². The Kier molecular flexibility index (Phi) is 10.4. The lowest BCUT2D eigenvalue weighted by molar-refractivity contribution is -0.136. The maximum absolute atomic E-state index is 13.0. The number of pyridine rings is 3. The van der Waals surface area contributed by atoms with Crippen LogP contribution < -0.4 is 16.0 Å². The summed E-state index contributed by atoms with van der Waals surface area (Å²) < 4.78 is 2.13. The van der Waals surface area contributed by atoms with Gasteiger partial charge < -0.3 is 20.1 Å². The fourth-order valence-corrected chi connectivity index (χ4v) is 6.92. The number of rotatable bonds is 9. The number of benzene rings is 1. The largest absolute Gasteiger partial charge is 0.350 e. The van der Waals surface area contributed by atoms with Crippen LogP contribution in [0.3, 0.4) is 0 Å². The summed E-state index contributed by atoms with van der Waals surface area (Å²) in [6, 6.07) is 15.3. The van der Waals surface area contributed by atoms with Gasteiger partial charge in [-0.1, -0.05) is 44.0 Å². The van der Waals surface area contributed by atoms with E-state index in [1.165, 1.54) is 6.07 Å². The van der Waals surface area contributed by atoms with Gasteiger partial charge in [-0.15, -0.1) is 0 Å². The molecule has 5 amide bonds. The second kappa shape index (κ2) is 15.7. The van der Waals surface area contributed by atoms with Crippen LogP contribution in [-0.2, 0) is 27.3 Å². The number of carbonyl (C=O) groups excluding carboxylic acids is 5. The van der Waals surface area contributed by atoms with Crippen molar-refractivity contribution >= 4 is 40.3 Å². The van der Waals surface area contributed by atoms with Crippen molar-refractivity contribution in [3.63, 3.8) is 0 Å². The smallest absolute Gasteiger partial charge is 0.270 e. The van der Waals surface area contributed by atoms with Gasteiger partial charge in [-0.3, -0.25) is 39.3 Å². The molecule has 2 atom stereocenters. The molecular formula is C41H39N9O5. The Morgan fingerprint density at radius 1 is 0.964 bits per heavy atom. The van der Waals surface area contributed by atoms with Gasteiger partial charge in [0.25, 0.3) is 11.8 Å². The highest BCUT2D eigenvalue weighted by Crippen LogP contribution is 2.37. The zero-order chi connectivity index (χ0) is 38.6. The Hall–Kier alpha value is -6.75. The summed E-state index contributed by atoms with van der Waals surface area (Å²) in [7, 11) is 1.84. The van der Waals surface area contributed by atoms with Crippen LogP contribution in [0, 0.1) is 11.8 Å². The highest BCUT2D eigenvalue weighted by molar-refractivity contribution is 6.03. The van der Waals surface area contributed by atoms with E-state index in [1.54, 1.807) is 29.3 Å². The first kappa shape index (κ1) is 36.6. The number of hydrogen-bond acceptors (Lipinski definition) is 9. The summed E-state index contributed by atoms with van der Waals surface area (Å²) in [5.41, 5.74) is 5.05. The minimum absolute atomic E-state index is 0.0963. The molecule has 0 saturated carbocycles. The molecule has 4 aromatic heterocycles. The molecular weight excluding hydrogens is 699 g/mol. The van der Waals surface area contributed by atoms with E-state index in [4.69, 9.17) is 9.97 Å². The highest BCUT2D eigenvalue weighted by atomic mass is 16.2. The lowest BCUT2D eigenvalue weighted by atomic mass is 10.00. The van der Waals surface area contributed by atoms with Crippen LogP contribution in [0.4, 0.5) is 0 Å². The van der Waals surface area contributed by atoms with Gasteiger partial charge in [-0.05, 0) is 54.5 Å². The number of fused-ring (bicyclic) bond motifs is 2. The predicted molar refractivity (Wildman–Crippen MR) is 203 cm³/mol. The first-order valence-corrected chi connectivity index (χ1v) is 18.2. The third-order valence-corrected chi connectivity index (χ3v) is 9.74. The van der Waals surface area contributed by atoms with Crippen LogP contribution in [0.2, 0.25) is 0 Å². The van der Waals surface area contributed by atoms with Gasteiger partial charge in [-0.25, -0.2) is 9.97 Å². The van der Waals surface area contributed by atoms with Gasteiger partial charge in [0.05, 0.1) is 23.6 Å². The highest BCUT2D eigenvalue weighted by Gasteiger charge is 2.34. The lowest BCUT2D eigenvalue weighted by Gasteiger charge is -2.32. The molecule has 2 unspecified atom stereocenters. The standard InChI is InChI=1S/C41H39N9O5/c1-4-33-41(55)49(3)23-34-37(47-35(5-2)50(33)34)27-13-8-10-24-20-32(44-22-28(24)27)25-15-16-29(43-21-25)38(52)42-19-7-6-11-26-12-9-14-30(45-26)39(53)46-31-17-18-36(51)48-40(31)54/h8-10,12-16,20-22,31,33H,4-5,7,17-19,23H2,1-3H3,(H,42,52)(H,46,53)(H,48,51,54). The van der Waals surface area contributed by atoms with E-state index in [9.17, 15) is 24.0 Å². The molecule has 5 aromatic rings. The molecule has 278 valence electrons. The van der Waals surface area contributed by atoms with E-state index in [1.807, 2.05) is 50.5 Å². The molecule has 1 aromatic carbocycles. The minimum Gasteiger partial charge on any atom is -0.350 e. The van der Waals surface area contributed by atoms with E-state index in [2.05, 4.69) is 49.3 Å². The van der Waals surface area contributed by atoms with Crippen molar-refractivity contribution < 1.29 is 24.0 Å². The number of nitrogens with zero attached hydrogens (tertiary/aromatic N) is 6. The quantitative estimate of drug-likeness (QED) is 0.115. The number of piperidine rings is 1. The molecule has 1 saturated heterocycles. The van der Waals surface area contributed by atoms with E-state index < -0.39 is 17.9 Å². The van der Waals surface area contributed by atoms with Gasteiger partial charge in [0.15, 0.2) is 0 Å². The molecule has 0 spiro atoms. The second-order valence-electron chi connectivity index (χ2n) is 13.4.